The molecule has 1 heterocycles. The van der Waals surface area contributed by atoms with Gasteiger partial charge in [0.25, 0.3) is 0 Å². The van der Waals surface area contributed by atoms with Gasteiger partial charge in [0.15, 0.2) is 5.82 Å². The first-order valence-corrected chi connectivity index (χ1v) is 9.56. The largest absolute Gasteiger partial charge is 0.259 e. The highest BCUT2D eigenvalue weighted by molar-refractivity contribution is 7.84. The molecule has 1 aliphatic rings. The lowest BCUT2D eigenvalue weighted by molar-refractivity contribution is 0.215. The highest BCUT2D eigenvalue weighted by Gasteiger charge is 2.24. The van der Waals surface area contributed by atoms with E-state index in [1.807, 2.05) is 13.8 Å². The van der Waals surface area contributed by atoms with E-state index in [1.165, 1.54) is 19.3 Å². The van der Waals surface area contributed by atoms with Crippen molar-refractivity contribution in [2.45, 2.75) is 65.2 Å². The molecule has 1 fully saturated rings. The molecule has 5 nitrogen and oxygen atoms in total. The molecule has 0 spiro atoms. The van der Waals surface area contributed by atoms with Gasteiger partial charge in [-0.1, -0.05) is 13.8 Å². The summed E-state index contributed by atoms with van der Waals surface area (Å²) in [6, 6.07) is 0.215. The van der Waals surface area contributed by atoms with E-state index in [9.17, 15) is 4.21 Å². The van der Waals surface area contributed by atoms with E-state index in [-0.39, 0.29) is 6.04 Å². The summed E-state index contributed by atoms with van der Waals surface area (Å²) in [6.07, 6.45) is 5.02. The van der Waals surface area contributed by atoms with Crippen molar-refractivity contribution in [1.82, 2.24) is 20.2 Å². The maximum atomic E-state index is 12.3. The number of tetrazole rings is 1. The maximum absolute atomic E-state index is 12.3. The van der Waals surface area contributed by atoms with Crippen molar-refractivity contribution in [3.8, 4) is 0 Å². The van der Waals surface area contributed by atoms with Crippen LogP contribution in [0.5, 0.6) is 0 Å². The summed E-state index contributed by atoms with van der Waals surface area (Å²) in [7, 11) is -0.864. The average molecular weight is 312 g/mol. The molecule has 0 aromatic carbocycles. The fourth-order valence-electron chi connectivity index (χ4n) is 3.57. The second-order valence-electron chi connectivity index (χ2n) is 6.99. The van der Waals surface area contributed by atoms with Gasteiger partial charge in [0.05, 0.1) is 11.8 Å². The van der Waals surface area contributed by atoms with Gasteiger partial charge in [-0.25, -0.2) is 4.68 Å². The van der Waals surface area contributed by atoms with Crippen molar-refractivity contribution in [3.63, 3.8) is 0 Å². The molecular formula is C15H28N4OS. The Kier molecular flexibility index (Phi) is 5.90. The fraction of sp³-hybridized carbons (Fsp3) is 0.933. The van der Waals surface area contributed by atoms with Gasteiger partial charge >= 0.3 is 0 Å². The first kappa shape index (κ1) is 16.6. The molecule has 0 saturated heterocycles. The minimum Gasteiger partial charge on any atom is -0.259 e. The third-order valence-corrected chi connectivity index (χ3v) is 5.64. The van der Waals surface area contributed by atoms with Crippen LogP contribution in [0.25, 0.3) is 0 Å². The molecule has 120 valence electrons. The first-order chi connectivity index (χ1) is 9.95. The molecular weight excluding hydrogens is 284 g/mol. The zero-order chi connectivity index (χ0) is 15.4. The topological polar surface area (TPSA) is 60.7 Å². The Morgan fingerprint density at radius 2 is 1.90 bits per heavy atom. The Hall–Kier alpha value is -0.780. The van der Waals surface area contributed by atoms with Crippen molar-refractivity contribution in [2.24, 2.45) is 17.8 Å². The quantitative estimate of drug-likeness (QED) is 0.810. The van der Waals surface area contributed by atoms with Gasteiger partial charge in [-0.05, 0) is 67.7 Å². The van der Waals surface area contributed by atoms with E-state index < -0.39 is 10.8 Å². The Labute approximate surface area is 130 Å². The van der Waals surface area contributed by atoms with Crippen molar-refractivity contribution in [3.05, 3.63) is 5.82 Å². The minimum atomic E-state index is -0.864. The number of nitrogens with zero attached hydrogens (tertiary/aromatic N) is 4. The number of rotatable bonds is 6. The number of aromatic nitrogens is 4. The molecule has 1 aromatic heterocycles. The van der Waals surface area contributed by atoms with Gasteiger partial charge in [-0.15, -0.1) is 5.10 Å². The molecule has 1 aliphatic carbocycles. The lowest BCUT2D eigenvalue weighted by Gasteiger charge is -2.31. The van der Waals surface area contributed by atoms with Gasteiger partial charge in [0, 0.05) is 16.6 Å². The summed E-state index contributed by atoms with van der Waals surface area (Å²) in [5.74, 6) is 4.38. The van der Waals surface area contributed by atoms with Crippen LogP contribution in [-0.4, -0.2) is 30.2 Å². The molecule has 0 radical (unpaired) electrons. The van der Waals surface area contributed by atoms with Crippen LogP contribution in [0.1, 0.15) is 65.2 Å². The molecule has 1 saturated carbocycles. The van der Waals surface area contributed by atoms with Crippen LogP contribution in [0.3, 0.4) is 0 Å². The molecule has 0 bridgehead atoms. The fourth-order valence-corrected chi connectivity index (χ4v) is 4.79. The second kappa shape index (κ2) is 7.47. The summed E-state index contributed by atoms with van der Waals surface area (Å²) < 4.78 is 14.1. The molecule has 0 aliphatic heterocycles. The Morgan fingerprint density at radius 1 is 1.24 bits per heavy atom. The smallest absolute Gasteiger partial charge is 0.164 e. The zero-order valence-corrected chi connectivity index (χ0v) is 14.5. The highest BCUT2D eigenvalue weighted by Crippen LogP contribution is 2.34. The Morgan fingerprint density at radius 3 is 2.52 bits per heavy atom. The van der Waals surface area contributed by atoms with Crippen molar-refractivity contribution in [1.29, 1.82) is 0 Å². The van der Waals surface area contributed by atoms with Crippen molar-refractivity contribution < 1.29 is 4.21 Å². The molecule has 0 amide bonds. The SMILES string of the molecule is CC1CC(C)CC(CCS(=O)Cc2nnnn2C(C)C)C1. The summed E-state index contributed by atoms with van der Waals surface area (Å²) in [4.78, 5) is 0. The van der Waals surface area contributed by atoms with Gasteiger partial charge in [0.1, 0.15) is 0 Å². The van der Waals surface area contributed by atoms with E-state index in [0.29, 0.717) is 5.75 Å². The van der Waals surface area contributed by atoms with Gasteiger partial charge < -0.3 is 0 Å². The summed E-state index contributed by atoms with van der Waals surface area (Å²) >= 11 is 0. The summed E-state index contributed by atoms with van der Waals surface area (Å²) in [5.41, 5.74) is 0. The average Bonchev–Trinajstić information content (AvgIpc) is 2.83. The lowest BCUT2D eigenvalue weighted by atomic mass is 9.76. The molecule has 2 rings (SSSR count). The van der Waals surface area contributed by atoms with E-state index >= 15 is 0 Å². The van der Waals surface area contributed by atoms with Gasteiger partial charge in [0.2, 0.25) is 0 Å². The van der Waals surface area contributed by atoms with Crippen LogP contribution in [0.15, 0.2) is 0 Å². The second-order valence-corrected chi connectivity index (χ2v) is 8.57. The molecule has 1 aromatic rings. The molecule has 0 N–H and O–H groups in total. The predicted octanol–water partition coefficient (Wildman–Crippen LogP) is 2.97. The van der Waals surface area contributed by atoms with E-state index in [0.717, 1.165) is 35.8 Å². The highest BCUT2D eigenvalue weighted by atomic mass is 32.2. The summed E-state index contributed by atoms with van der Waals surface area (Å²) in [6.45, 7) is 8.76. The van der Waals surface area contributed by atoms with Gasteiger partial charge in [-0.2, -0.15) is 0 Å². The minimum absolute atomic E-state index is 0.215. The maximum Gasteiger partial charge on any atom is 0.164 e. The zero-order valence-electron chi connectivity index (χ0n) is 13.7. The number of hydrogen-bond acceptors (Lipinski definition) is 4. The normalized spacial score (nSPS) is 28.0. The van der Waals surface area contributed by atoms with Crippen LogP contribution in [0, 0.1) is 17.8 Å². The Balaban J connectivity index is 1.81. The van der Waals surface area contributed by atoms with Crippen molar-refractivity contribution in [2.75, 3.05) is 5.75 Å². The van der Waals surface area contributed by atoms with E-state index in [4.69, 9.17) is 0 Å². The van der Waals surface area contributed by atoms with E-state index in [1.54, 1.807) is 4.68 Å². The third kappa shape index (κ3) is 4.87. The van der Waals surface area contributed by atoms with Crippen LogP contribution in [0.2, 0.25) is 0 Å². The third-order valence-electron chi connectivity index (χ3n) is 4.37. The molecule has 3 unspecified atom stereocenters. The molecule has 21 heavy (non-hydrogen) atoms. The molecule has 6 heteroatoms. The van der Waals surface area contributed by atoms with Crippen LogP contribution >= 0.6 is 0 Å². The standard InChI is InChI=1S/C15H28N4OS/c1-11(2)19-15(16-17-18-19)10-21(20)6-5-14-8-12(3)7-13(4)9-14/h11-14H,5-10H2,1-4H3. The van der Waals surface area contributed by atoms with Crippen LogP contribution in [-0.2, 0) is 16.6 Å². The van der Waals surface area contributed by atoms with Crippen LogP contribution < -0.4 is 0 Å². The molecule has 3 atom stereocenters. The lowest BCUT2D eigenvalue weighted by Crippen LogP contribution is -2.21. The van der Waals surface area contributed by atoms with E-state index in [2.05, 4.69) is 29.4 Å². The monoisotopic (exact) mass is 312 g/mol. The Bertz CT molecular complexity index is 464. The number of hydrogen-bond donors (Lipinski definition) is 0. The predicted molar refractivity (Wildman–Crippen MR) is 85.2 cm³/mol. The first-order valence-electron chi connectivity index (χ1n) is 8.07. The van der Waals surface area contributed by atoms with Crippen molar-refractivity contribution >= 4 is 10.8 Å². The van der Waals surface area contributed by atoms with Crippen LogP contribution in [0.4, 0.5) is 0 Å². The summed E-state index contributed by atoms with van der Waals surface area (Å²) in [5, 5.41) is 11.7. The van der Waals surface area contributed by atoms with Gasteiger partial charge in [-0.3, -0.25) is 4.21 Å².